The molecule has 32 heavy (non-hydrogen) atoms. The number of hydrogen-bond donors (Lipinski definition) is 1. The number of carbonyl (C=O) groups is 2. The fraction of sp³-hybridized carbons (Fsp3) is 0.391. The summed E-state index contributed by atoms with van der Waals surface area (Å²) in [5, 5.41) is 3.00. The molecule has 0 aromatic heterocycles. The molecule has 0 fully saturated rings. The van der Waals surface area contributed by atoms with Crippen LogP contribution in [0.25, 0.3) is 0 Å². The number of benzene rings is 2. The van der Waals surface area contributed by atoms with Crippen LogP contribution >= 0.6 is 11.6 Å². The molecule has 9 heteroatoms. The van der Waals surface area contributed by atoms with Gasteiger partial charge in [-0.2, -0.15) is 0 Å². The van der Waals surface area contributed by atoms with E-state index in [2.05, 4.69) is 5.32 Å². The zero-order chi connectivity index (χ0) is 24.1. The number of nitrogens with one attached hydrogen (secondary N) is 1. The van der Waals surface area contributed by atoms with E-state index in [0.717, 1.165) is 27.3 Å². The number of nitrogens with zero attached hydrogens (tertiary/aromatic N) is 2. The maximum Gasteiger partial charge on any atom is 0.244 e. The lowest BCUT2D eigenvalue weighted by Crippen LogP contribution is -2.51. The molecule has 0 aliphatic carbocycles. The molecule has 0 aliphatic heterocycles. The van der Waals surface area contributed by atoms with Gasteiger partial charge in [0.15, 0.2) is 0 Å². The lowest BCUT2D eigenvalue weighted by molar-refractivity contribution is -0.140. The van der Waals surface area contributed by atoms with E-state index < -0.39 is 28.5 Å². The number of hydrogen-bond acceptors (Lipinski definition) is 4. The Balaban J connectivity index is 2.45. The molecule has 0 radical (unpaired) electrons. The van der Waals surface area contributed by atoms with Gasteiger partial charge in [-0.1, -0.05) is 54.4 Å². The third-order valence-electron chi connectivity index (χ3n) is 5.19. The van der Waals surface area contributed by atoms with E-state index in [-0.39, 0.29) is 12.5 Å². The van der Waals surface area contributed by atoms with E-state index in [9.17, 15) is 18.0 Å². The smallest absolute Gasteiger partial charge is 0.244 e. The third kappa shape index (κ3) is 6.46. The van der Waals surface area contributed by atoms with E-state index in [1.807, 2.05) is 38.1 Å². The largest absolute Gasteiger partial charge is 0.357 e. The van der Waals surface area contributed by atoms with Crippen molar-refractivity contribution < 1.29 is 18.0 Å². The Hall–Kier alpha value is -2.58. The maximum absolute atomic E-state index is 13.4. The van der Waals surface area contributed by atoms with Gasteiger partial charge in [0.25, 0.3) is 0 Å². The number of rotatable bonds is 9. The molecule has 2 amide bonds. The Morgan fingerprint density at radius 2 is 1.81 bits per heavy atom. The van der Waals surface area contributed by atoms with Crippen molar-refractivity contribution in [2.75, 3.05) is 24.2 Å². The van der Waals surface area contributed by atoms with Gasteiger partial charge < -0.3 is 10.2 Å². The maximum atomic E-state index is 13.4. The number of anilines is 1. The second-order valence-corrected chi connectivity index (χ2v) is 10.1. The van der Waals surface area contributed by atoms with Crippen molar-refractivity contribution >= 4 is 39.1 Å². The van der Waals surface area contributed by atoms with Crippen LogP contribution in [0.4, 0.5) is 5.69 Å². The number of likely N-dealkylation sites (N-methyl/N-ethyl adjacent to an activating group) is 1. The first-order valence-corrected chi connectivity index (χ1v) is 12.5. The van der Waals surface area contributed by atoms with Crippen molar-refractivity contribution in [3.63, 3.8) is 0 Å². The van der Waals surface area contributed by atoms with Crippen LogP contribution in [-0.4, -0.2) is 51.0 Å². The molecule has 0 saturated heterocycles. The monoisotopic (exact) mass is 479 g/mol. The predicted molar refractivity (Wildman–Crippen MR) is 128 cm³/mol. The molecule has 174 valence electrons. The van der Waals surface area contributed by atoms with Gasteiger partial charge in [-0.05, 0) is 43.5 Å². The van der Waals surface area contributed by atoms with Crippen LogP contribution in [0, 0.1) is 13.8 Å². The molecule has 0 spiro atoms. The zero-order valence-electron chi connectivity index (χ0n) is 19.1. The molecule has 7 nitrogen and oxygen atoms in total. The summed E-state index contributed by atoms with van der Waals surface area (Å²) in [6, 6.07) is 11.7. The van der Waals surface area contributed by atoms with Crippen LogP contribution in [0.2, 0.25) is 5.02 Å². The van der Waals surface area contributed by atoms with Gasteiger partial charge in [-0.15, -0.1) is 0 Å². The van der Waals surface area contributed by atoms with Crippen molar-refractivity contribution in [3.05, 3.63) is 64.2 Å². The molecule has 0 heterocycles. The van der Waals surface area contributed by atoms with E-state index in [4.69, 9.17) is 11.6 Å². The second kappa shape index (κ2) is 10.8. The average Bonchev–Trinajstić information content (AvgIpc) is 2.72. The van der Waals surface area contributed by atoms with Gasteiger partial charge in [0.2, 0.25) is 21.8 Å². The van der Waals surface area contributed by atoms with Crippen molar-refractivity contribution in [3.8, 4) is 0 Å². The Morgan fingerprint density at radius 3 is 2.34 bits per heavy atom. The van der Waals surface area contributed by atoms with Crippen LogP contribution in [0.3, 0.4) is 0 Å². The topological polar surface area (TPSA) is 86.8 Å². The highest BCUT2D eigenvalue weighted by Gasteiger charge is 2.31. The lowest BCUT2D eigenvalue weighted by Gasteiger charge is -2.32. The van der Waals surface area contributed by atoms with E-state index in [1.165, 1.54) is 18.0 Å². The predicted octanol–water partition coefficient (Wildman–Crippen LogP) is 3.28. The summed E-state index contributed by atoms with van der Waals surface area (Å²) < 4.78 is 26.1. The Bertz CT molecular complexity index is 1090. The van der Waals surface area contributed by atoms with Crippen LogP contribution in [0.1, 0.15) is 30.0 Å². The van der Waals surface area contributed by atoms with Gasteiger partial charge in [0.05, 0.1) is 11.9 Å². The molecule has 0 saturated carbocycles. The molecule has 2 rings (SSSR count). The summed E-state index contributed by atoms with van der Waals surface area (Å²) in [5.74, 6) is -0.790. The van der Waals surface area contributed by atoms with Crippen LogP contribution in [0.15, 0.2) is 42.5 Å². The molecule has 0 aliphatic rings. The Morgan fingerprint density at radius 1 is 1.12 bits per heavy atom. The van der Waals surface area contributed by atoms with E-state index in [0.29, 0.717) is 17.1 Å². The second-order valence-electron chi connectivity index (χ2n) is 7.75. The fourth-order valence-electron chi connectivity index (χ4n) is 3.44. The highest BCUT2D eigenvalue weighted by atomic mass is 35.5. The van der Waals surface area contributed by atoms with E-state index in [1.54, 1.807) is 19.1 Å². The van der Waals surface area contributed by atoms with Gasteiger partial charge in [0, 0.05) is 18.6 Å². The quantitative estimate of drug-likeness (QED) is 0.598. The van der Waals surface area contributed by atoms with Gasteiger partial charge in [0.1, 0.15) is 12.6 Å². The molecule has 0 unspecified atom stereocenters. The first kappa shape index (κ1) is 25.7. The first-order valence-electron chi connectivity index (χ1n) is 10.3. The molecular formula is C23H30ClN3O4S. The van der Waals surface area contributed by atoms with Crippen molar-refractivity contribution in [1.29, 1.82) is 0 Å². The average molecular weight is 480 g/mol. The molecular weight excluding hydrogens is 450 g/mol. The summed E-state index contributed by atoms with van der Waals surface area (Å²) in [4.78, 5) is 27.4. The summed E-state index contributed by atoms with van der Waals surface area (Å²) in [6.07, 6.45) is 1.42. The Kier molecular flexibility index (Phi) is 8.69. The number of amides is 2. The molecule has 2 aromatic rings. The standard InChI is InChI=1S/C23H30ClN3O4S/c1-6-21(23(29)25-4)26(14-18-9-7-8-16(2)12-18)22(28)15-27(32(5,30)31)19-11-10-17(3)20(24)13-19/h7-13,21H,6,14-15H2,1-5H3,(H,25,29)/t21-/m0/s1. The number of aryl methyl sites for hydroxylation is 2. The number of halogens is 1. The molecule has 1 N–H and O–H groups in total. The molecule has 0 bridgehead atoms. The number of sulfonamides is 1. The summed E-state index contributed by atoms with van der Waals surface area (Å²) in [7, 11) is -2.28. The normalized spacial score (nSPS) is 12.2. The minimum atomic E-state index is -3.79. The first-order chi connectivity index (χ1) is 15.0. The minimum absolute atomic E-state index is 0.179. The fourth-order valence-corrected chi connectivity index (χ4v) is 4.46. The van der Waals surface area contributed by atoms with Crippen LogP contribution in [0.5, 0.6) is 0 Å². The summed E-state index contributed by atoms with van der Waals surface area (Å²) >= 11 is 6.19. The van der Waals surface area contributed by atoms with Crippen molar-refractivity contribution in [2.45, 2.75) is 39.8 Å². The zero-order valence-corrected chi connectivity index (χ0v) is 20.6. The van der Waals surface area contributed by atoms with Crippen LogP contribution in [-0.2, 0) is 26.2 Å². The van der Waals surface area contributed by atoms with Gasteiger partial charge in [-0.3, -0.25) is 13.9 Å². The third-order valence-corrected chi connectivity index (χ3v) is 6.74. The highest BCUT2D eigenvalue weighted by Crippen LogP contribution is 2.25. The minimum Gasteiger partial charge on any atom is -0.357 e. The van der Waals surface area contributed by atoms with Crippen molar-refractivity contribution in [1.82, 2.24) is 10.2 Å². The van der Waals surface area contributed by atoms with Crippen LogP contribution < -0.4 is 9.62 Å². The highest BCUT2D eigenvalue weighted by molar-refractivity contribution is 7.92. The molecule has 1 atom stereocenters. The van der Waals surface area contributed by atoms with Gasteiger partial charge in [-0.25, -0.2) is 8.42 Å². The summed E-state index contributed by atoms with van der Waals surface area (Å²) in [6.45, 7) is 5.29. The Labute approximate surface area is 195 Å². The van der Waals surface area contributed by atoms with Crippen molar-refractivity contribution in [2.24, 2.45) is 0 Å². The van der Waals surface area contributed by atoms with Gasteiger partial charge >= 0.3 is 0 Å². The lowest BCUT2D eigenvalue weighted by atomic mass is 10.1. The SMILES string of the molecule is CC[C@@H](C(=O)NC)N(Cc1cccc(C)c1)C(=O)CN(c1ccc(C)c(Cl)c1)S(C)(=O)=O. The molecule has 2 aromatic carbocycles. The number of carbonyl (C=O) groups excluding carboxylic acids is 2. The summed E-state index contributed by atoms with van der Waals surface area (Å²) in [5.41, 5.74) is 2.96. The van der Waals surface area contributed by atoms with E-state index >= 15 is 0 Å².